The van der Waals surface area contributed by atoms with E-state index in [0.717, 1.165) is 11.1 Å². The van der Waals surface area contributed by atoms with Gasteiger partial charge in [-0.2, -0.15) is 0 Å². The molecule has 0 aliphatic heterocycles. The van der Waals surface area contributed by atoms with Crippen LogP contribution in [0.25, 0.3) is 0 Å². The molecule has 0 atom stereocenters. The van der Waals surface area contributed by atoms with Gasteiger partial charge in [-0.15, -0.1) is 0 Å². The van der Waals surface area contributed by atoms with Crippen molar-refractivity contribution in [2.45, 2.75) is 20.0 Å². The molecule has 7 nitrogen and oxygen atoms in total. The van der Waals surface area contributed by atoms with Crippen LogP contribution in [0.1, 0.15) is 28.4 Å². The molecule has 0 aromatic heterocycles. The number of nitro groups is 1. The van der Waals surface area contributed by atoms with Gasteiger partial charge in [0.05, 0.1) is 4.92 Å². The lowest BCUT2D eigenvalue weighted by molar-refractivity contribution is -0.384. The molecule has 0 fully saturated rings. The molecule has 1 N–H and O–H groups in total. The molecule has 30 heavy (non-hydrogen) atoms. The minimum Gasteiger partial charge on any atom is -0.330 e. The summed E-state index contributed by atoms with van der Waals surface area (Å²) in [5.41, 5.74) is 1.82. The third-order valence-corrected chi connectivity index (χ3v) is 4.47. The van der Waals surface area contributed by atoms with Crippen molar-refractivity contribution in [2.24, 2.45) is 0 Å². The van der Waals surface area contributed by atoms with E-state index in [2.05, 4.69) is 5.32 Å². The highest BCUT2D eigenvalue weighted by molar-refractivity contribution is 5.97. The number of carbonyl (C=O) groups excluding carboxylic acids is 2. The molecule has 0 saturated carbocycles. The molecule has 0 bridgehead atoms. The first kappa shape index (κ1) is 20.7. The average Bonchev–Trinajstić information content (AvgIpc) is 2.74. The zero-order valence-electron chi connectivity index (χ0n) is 16.4. The zero-order valence-corrected chi connectivity index (χ0v) is 16.4. The van der Waals surface area contributed by atoms with Crippen LogP contribution in [0.4, 0.5) is 11.4 Å². The van der Waals surface area contributed by atoms with Crippen molar-refractivity contribution in [2.75, 3.05) is 5.32 Å². The molecule has 0 heterocycles. The Hall–Kier alpha value is -4.00. The molecule has 7 heteroatoms. The van der Waals surface area contributed by atoms with Gasteiger partial charge in [0.1, 0.15) is 5.69 Å². The minimum atomic E-state index is -0.610. The maximum absolute atomic E-state index is 13.3. The van der Waals surface area contributed by atoms with Crippen LogP contribution < -0.4 is 5.32 Å². The van der Waals surface area contributed by atoms with Crippen LogP contribution in [0.15, 0.2) is 78.9 Å². The first-order chi connectivity index (χ1) is 14.4. The standard InChI is InChI=1S/C23H21N3O4/c1-17(27)24-21-13-12-20(14-22(21)26(29)30)23(28)25(15-18-8-4-2-5-9-18)16-19-10-6-3-7-11-19/h2-14H,15-16H2,1H3,(H,24,27). The number of rotatable bonds is 7. The number of anilines is 1. The van der Waals surface area contributed by atoms with E-state index in [1.807, 2.05) is 60.7 Å². The molecule has 0 unspecified atom stereocenters. The second kappa shape index (κ2) is 9.47. The number of carbonyl (C=O) groups is 2. The van der Waals surface area contributed by atoms with Gasteiger partial charge in [0, 0.05) is 31.6 Å². The monoisotopic (exact) mass is 403 g/mol. The highest BCUT2D eigenvalue weighted by atomic mass is 16.6. The summed E-state index contributed by atoms with van der Waals surface area (Å²) < 4.78 is 0. The highest BCUT2D eigenvalue weighted by Gasteiger charge is 2.22. The average molecular weight is 403 g/mol. The van der Waals surface area contributed by atoms with Crippen molar-refractivity contribution in [3.05, 3.63) is 106 Å². The first-order valence-electron chi connectivity index (χ1n) is 9.37. The lowest BCUT2D eigenvalue weighted by Gasteiger charge is -2.23. The van der Waals surface area contributed by atoms with Crippen molar-refractivity contribution in [1.29, 1.82) is 0 Å². The summed E-state index contributed by atoms with van der Waals surface area (Å²) in [6.07, 6.45) is 0. The van der Waals surface area contributed by atoms with E-state index in [4.69, 9.17) is 0 Å². The minimum absolute atomic E-state index is 0.0571. The smallest absolute Gasteiger partial charge is 0.293 e. The number of amides is 2. The quantitative estimate of drug-likeness (QED) is 0.468. The van der Waals surface area contributed by atoms with Crippen LogP contribution >= 0.6 is 0 Å². The Morgan fingerprint density at radius 3 is 1.90 bits per heavy atom. The fourth-order valence-corrected chi connectivity index (χ4v) is 3.10. The van der Waals surface area contributed by atoms with Crippen LogP contribution in [0.2, 0.25) is 0 Å². The number of nitrogens with zero attached hydrogens (tertiary/aromatic N) is 2. The normalized spacial score (nSPS) is 10.3. The summed E-state index contributed by atoms with van der Waals surface area (Å²) in [5, 5.41) is 13.9. The van der Waals surface area contributed by atoms with E-state index in [9.17, 15) is 19.7 Å². The Bertz CT molecular complexity index is 1010. The number of hydrogen-bond donors (Lipinski definition) is 1. The number of benzene rings is 3. The molecule has 0 radical (unpaired) electrons. The second-order valence-corrected chi connectivity index (χ2v) is 6.80. The van der Waals surface area contributed by atoms with Gasteiger partial charge >= 0.3 is 0 Å². The molecule has 3 aromatic carbocycles. The lowest BCUT2D eigenvalue weighted by Crippen LogP contribution is -2.30. The Kier molecular flexibility index (Phi) is 6.54. The molecule has 152 valence electrons. The third kappa shape index (κ3) is 5.29. The molecule has 0 aliphatic carbocycles. The predicted octanol–water partition coefficient (Wildman–Crippen LogP) is 4.40. The Labute approximate surface area is 174 Å². The number of nitro benzene ring substituents is 1. The Balaban J connectivity index is 1.94. The van der Waals surface area contributed by atoms with Crippen LogP contribution in [-0.2, 0) is 17.9 Å². The van der Waals surface area contributed by atoms with Crippen molar-refractivity contribution in [1.82, 2.24) is 4.90 Å². The van der Waals surface area contributed by atoms with Gasteiger partial charge in [-0.05, 0) is 23.3 Å². The van der Waals surface area contributed by atoms with Gasteiger partial charge in [-0.1, -0.05) is 60.7 Å². The van der Waals surface area contributed by atoms with E-state index >= 15 is 0 Å². The van der Waals surface area contributed by atoms with E-state index in [-0.39, 0.29) is 22.8 Å². The van der Waals surface area contributed by atoms with Gasteiger partial charge in [0.15, 0.2) is 0 Å². The molecule has 0 aliphatic rings. The Morgan fingerprint density at radius 1 is 0.900 bits per heavy atom. The van der Waals surface area contributed by atoms with E-state index in [1.165, 1.54) is 25.1 Å². The van der Waals surface area contributed by atoms with Crippen molar-refractivity contribution in [3.63, 3.8) is 0 Å². The molecule has 3 rings (SSSR count). The largest absolute Gasteiger partial charge is 0.330 e. The maximum atomic E-state index is 13.3. The van der Waals surface area contributed by atoms with Crippen molar-refractivity contribution >= 4 is 23.2 Å². The Morgan fingerprint density at radius 2 is 1.43 bits per heavy atom. The highest BCUT2D eigenvalue weighted by Crippen LogP contribution is 2.27. The van der Waals surface area contributed by atoms with Gasteiger partial charge in [-0.25, -0.2) is 0 Å². The van der Waals surface area contributed by atoms with E-state index in [0.29, 0.717) is 13.1 Å². The van der Waals surface area contributed by atoms with E-state index < -0.39 is 10.8 Å². The van der Waals surface area contributed by atoms with Crippen molar-refractivity contribution < 1.29 is 14.5 Å². The molecular formula is C23H21N3O4. The lowest BCUT2D eigenvalue weighted by atomic mass is 10.1. The predicted molar refractivity (Wildman–Crippen MR) is 114 cm³/mol. The first-order valence-corrected chi connectivity index (χ1v) is 9.37. The van der Waals surface area contributed by atoms with Crippen LogP contribution in [-0.4, -0.2) is 21.6 Å². The summed E-state index contributed by atoms with van der Waals surface area (Å²) in [6.45, 7) is 1.98. The molecule has 3 aromatic rings. The van der Waals surface area contributed by atoms with Crippen LogP contribution in [0.3, 0.4) is 0 Å². The van der Waals surface area contributed by atoms with Gasteiger partial charge in [0.2, 0.25) is 5.91 Å². The van der Waals surface area contributed by atoms with Crippen LogP contribution in [0, 0.1) is 10.1 Å². The fourth-order valence-electron chi connectivity index (χ4n) is 3.10. The number of hydrogen-bond acceptors (Lipinski definition) is 4. The van der Waals surface area contributed by atoms with E-state index in [1.54, 1.807) is 4.90 Å². The molecular weight excluding hydrogens is 382 g/mol. The summed E-state index contributed by atoms with van der Waals surface area (Å²) in [6, 6.07) is 23.2. The van der Waals surface area contributed by atoms with Gasteiger partial charge < -0.3 is 10.2 Å². The summed E-state index contributed by atoms with van der Waals surface area (Å²) >= 11 is 0. The summed E-state index contributed by atoms with van der Waals surface area (Å²) in [4.78, 5) is 37.1. The summed E-state index contributed by atoms with van der Waals surface area (Å²) in [7, 11) is 0. The van der Waals surface area contributed by atoms with Gasteiger partial charge in [-0.3, -0.25) is 19.7 Å². The second-order valence-electron chi connectivity index (χ2n) is 6.80. The zero-order chi connectivity index (χ0) is 21.5. The van der Waals surface area contributed by atoms with Crippen molar-refractivity contribution in [3.8, 4) is 0 Å². The SMILES string of the molecule is CC(=O)Nc1ccc(C(=O)N(Cc2ccccc2)Cc2ccccc2)cc1[N+](=O)[O-]. The molecule has 0 saturated heterocycles. The van der Waals surface area contributed by atoms with Crippen LogP contribution in [0.5, 0.6) is 0 Å². The number of nitrogens with one attached hydrogen (secondary N) is 1. The maximum Gasteiger partial charge on any atom is 0.293 e. The molecule has 2 amide bonds. The topological polar surface area (TPSA) is 92.6 Å². The molecule has 0 spiro atoms. The third-order valence-electron chi connectivity index (χ3n) is 4.47. The summed E-state index contributed by atoms with van der Waals surface area (Å²) in [5.74, 6) is -0.757. The fraction of sp³-hybridized carbons (Fsp3) is 0.130. The van der Waals surface area contributed by atoms with Gasteiger partial charge in [0.25, 0.3) is 11.6 Å².